The first-order valence-electron chi connectivity index (χ1n) is 5.46. The molecule has 0 saturated carbocycles. The fourth-order valence-corrected chi connectivity index (χ4v) is 4.02. The number of carbonyl (C=O) groups is 1. The van der Waals surface area contributed by atoms with Crippen LogP contribution in [0.1, 0.15) is 15.9 Å². The van der Waals surface area contributed by atoms with Gasteiger partial charge >= 0.3 is 5.97 Å². The molecule has 0 aliphatic heterocycles. The molecule has 0 saturated heterocycles. The van der Waals surface area contributed by atoms with E-state index in [0.717, 1.165) is 0 Å². The molecule has 19 heavy (non-hydrogen) atoms. The van der Waals surface area contributed by atoms with Crippen LogP contribution in [0.4, 0.5) is 0 Å². The minimum absolute atomic E-state index is 0.0744. The number of hydrogen-bond acceptors (Lipinski definition) is 5. The quantitative estimate of drug-likeness (QED) is 0.813. The van der Waals surface area contributed by atoms with Crippen molar-refractivity contribution in [3.05, 3.63) is 52.9 Å². The predicted molar refractivity (Wildman–Crippen MR) is 73.0 cm³/mol. The van der Waals surface area contributed by atoms with Gasteiger partial charge in [0.25, 0.3) is 0 Å². The van der Waals surface area contributed by atoms with Crippen LogP contribution < -0.4 is 0 Å². The van der Waals surface area contributed by atoms with E-state index in [9.17, 15) is 13.2 Å². The van der Waals surface area contributed by atoms with Crippen LogP contribution in [0, 0.1) is 0 Å². The summed E-state index contributed by atoms with van der Waals surface area (Å²) in [5, 5.41) is 1.73. The molecule has 0 amide bonds. The number of thiophene rings is 1. The third-order valence-electron chi connectivity index (χ3n) is 2.53. The van der Waals surface area contributed by atoms with Crippen molar-refractivity contribution in [1.82, 2.24) is 0 Å². The highest BCUT2D eigenvalue weighted by Gasteiger charge is 2.16. The lowest BCUT2D eigenvalue weighted by atomic mass is 10.1. The summed E-state index contributed by atoms with van der Waals surface area (Å²) < 4.78 is 29.0. The highest BCUT2D eigenvalue weighted by atomic mass is 32.2. The van der Waals surface area contributed by atoms with Crippen molar-refractivity contribution in [3.8, 4) is 0 Å². The number of carbonyl (C=O) groups excluding carboxylic acids is 1. The smallest absolute Gasteiger partial charge is 0.337 e. The van der Waals surface area contributed by atoms with Gasteiger partial charge in [-0.15, -0.1) is 11.3 Å². The molecular weight excluding hydrogens is 284 g/mol. The van der Waals surface area contributed by atoms with Gasteiger partial charge in [0.1, 0.15) is 4.21 Å². The Morgan fingerprint density at radius 2 is 1.89 bits per heavy atom. The maximum absolute atomic E-state index is 12.1. The second-order valence-electron chi connectivity index (χ2n) is 3.88. The van der Waals surface area contributed by atoms with E-state index in [2.05, 4.69) is 4.74 Å². The molecule has 0 aliphatic rings. The molecule has 1 aromatic heterocycles. The number of hydrogen-bond donors (Lipinski definition) is 0. The summed E-state index contributed by atoms with van der Waals surface area (Å²) in [4.78, 5) is 11.3. The third-order valence-corrected chi connectivity index (χ3v) is 5.71. The Morgan fingerprint density at radius 1 is 1.21 bits per heavy atom. The monoisotopic (exact) mass is 296 g/mol. The van der Waals surface area contributed by atoms with Crippen LogP contribution in [-0.2, 0) is 20.3 Å². The Balaban J connectivity index is 2.19. The molecule has 0 radical (unpaired) electrons. The van der Waals surface area contributed by atoms with Crippen molar-refractivity contribution in [1.29, 1.82) is 0 Å². The molecule has 0 fully saturated rings. The minimum Gasteiger partial charge on any atom is -0.465 e. The topological polar surface area (TPSA) is 60.4 Å². The van der Waals surface area contributed by atoms with Gasteiger partial charge in [-0.25, -0.2) is 13.2 Å². The minimum atomic E-state index is -3.31. The van der Waals surface area contributed by atoms with Crippen molar-refractivity contribution < 1.29 is 17.9 Å². The lowest BCUT2D eigenvalue weighted by molar-refractivity contribution is 0.0600. The van der Waals surface area contributed by atoms with E-state index in [1.165, 1.54) is 18.4 Å². The molecule has 0 spiro atoms. The standard InChI is InChI=1S/C13H12O4S2/c1-17-13(14)11-6-4-10(5-7-11)9-19(15,16)12-3-2-8-18-12/h2-8H,9H2,1H3. The lowest BCUT2D eigenvalue weighted by Crippen LogP contribution is -2.04. The van der Waals surface area contributed by atoms with Gasteiger partial charge in [-0.1, -0.05) is 18.2 Å². The molecule has 1 heterocycles. The first-order valence-corrected chi connectivity index (χ1v) is 7.99. The van der Waals surface area contributed by atoms with Crippen LogP contribution >= 0.6 is 11.3 Å². The molecular formula is C13H12O4S2. The Bertz CT molecular complexity index is 655. The van der Waals surface area contributed by atoms with Crippen LogP contribution in [0.15, 0.2) is 46.0 Å². The summed E-state index contributed by atoms with van der Waals surface area (Å²) in [5.74, 6) is -0.512. The molecule has 1 aromatic carbocycles. The third kappa shape index (κ3) is 3.21. The van der Waals surface area contributed by atoms with Crippen molar-refractivity contribution >= 4 is 27.1 Å². The van der Waals surface area contributed by atoms with E-state index in [0.29, 0.717) is 15.3 Å². The zero-order valence-electron chi connectivity index (χ0n) is 10.2. The summed E-state index contributed by atoms with van der Waals surface area (Å²) in [6.07, 6.45) is 0. The molecule has 100 valence electrons. The molecule has 6 heteroatoms. The van der Waals surface area contributed by atoms with Crippen molar-refractivity contribution in [2.45, 2.75) is 9.96 Å². The molecule has 4 nitrogen and oxygen atoms in total. The maximum atomic E-state index is 12.1. The number of rotatable bonds is 4. The van der Waals surface area contributed by atoms with Gasteiger partial charge in [-0.2, -0.15) is 0 Å². The summed E-state index contributed by atoms with van der Waals surface area (Å²) in [5.41, 5.74) is 1.04. The summed E-state index contributed by atoms with van der Waals surface area (Å²) in [7, 11) is -2.00. The van der Waals surface area contributed by atoms with Crippen LogP contribution in [-0.4, -0.2) is 21.5 Å². The van der Waals surface area contributed by atoms with Crippen LogP contribution in [0.2, 0.25) is 0 Å². The molecule has 0 N–H and O–H groups in total. The van der Waals surface area contributed by atoms with Gasteiger partial charge in [0.05, 0.1) is 18.4 Å². The van der Waals surface area contributed by atoms with Crippen LogP contribution in [0.5, 0.6) is 0 Å². The van der Waals surface area contributed by atoms with E-state index in [1.807, 2.05) is 0 Å². The van der Waals surface area contributed by atoms with E-state index >= 15 is 0 Å². The van der Waals surface area contributed by atoms with Crippen LogP contribution in [0.3, 0.4) is 0 Å². The molecule has 0 unspecified atom stereocenters. The zero-order chi connectivity index (χ0) is 13.9. The summed E-state index contributed by atoms with van der Waals surface area (Å²) in [6, 6.07) is 9.66. The van der Waals surface area contributed by atoms with Crippen molar-refractivity contribution in [2.75, 3.05) is 7.11 Å². The summed E-state index contributed by atoms with van der Waals surface area (Å²) in [6.45, 7) is 0. The Hall–Kier alpha value is -1.66. The van der Waals surface area contributed by atoms with Gasteiger partial charge in [0, 0.05) is 0 Å². The highest BCUT2D eigenvalue weighted by Crippen LogP contribution is 2.21. The van der Waals surface area contributed by atoms with E-state index in [4.69, 9.17) is 0 Å². The molecule has 0 atom stereocenters. The van der Waals surface area contributed by atoms with Gasteiger partial charge in [0.15, 0.2) is 9.84 Å². The fourth-order valence-electron chi connectivity index (χ4n) is 1.59. The van der Waals surface area contributed by atoms with Crippen LogP contribution in [0.25, 0.3) is 0 Å². The number of ether oxygens (including phenoxy) is 1. The van der Waals surface area contributed by atoms with Gasteiger partial charge in [0.2, 0.25) is 0 Å². The number of esters is 1. The zero-order valence-corrected chi connectivity index (χ0v) is 11.8. The van der Waals surface area contributed by atoms with Gasteiger partial charge < -0.3 is 4.74 Å². The van der Waals surface area contributed by atoms with E-state index in [-0.39, 0.29) is 5.75 Å². The van der Waals surface area contributed by atoms with Gasteiger partial charge in [-0.3, -0.25) is 0 Å². The van der Waals surface area contributed by atoms with E-state index in [1.54, 1.807) is 41.8 Å². The average Bonchev–Trinajstić information content (AvgIpc) is 2.93. The Morgan fingerprint density at radius 3 is 2.42 bits per heavy atom. The maximum Gasteiger partial charge on any atom is 0.337 e. The lowest BCUT2D eigenvalue weighted by Gasteiger charge is -2.03. The van der Waals surface area contributed by atoms with E-state index < -0.39 is 15.8 Å². The number of methoxy groups -OCH3 is 1. The average molecular weight is 296 g/mol. The number of sulfone groups is 1. The molecule has 2 rings (SSSR count). The van der Waals surface area contributed by atoms with Gasteiger partial charge in [-0.05, 0) is 29.1 Å². The second-order valence-corrected chi connectivity index (χ2v) is 7.04. The highest BCUT2D eigenvalue weighted by molar-refractivity contribution is 7.92. The summed E-state index contributed by atoms with van der Waals surface area (Å²) >= 11 is 1.20. The molecule has 0 aliphatic carbocycles. The normalized spacial score (nSPS) is 11.2. The van der Waals surface area contributed by atoms with Crippen molar-refractivity contribution in [3.63, 3.8) is 0 Å². The largest absolute Gasteiger partial charge is 0.465 e. The second kappa shape index (κ2) is 5.54. The number of benzene rings is 1. The fraction of sp³-hybridized carbons (Fsp3) is 0.154. The molecule has 0 bridgehead atoms. The van der Waals surface area contributed by atoms with Crippen molar-refractivity contribution in [2.24, 2.45) is 0 Å². The Labute approximate surface area is 115 Å². The first kappa shape index (κ1) is 13.8. The first-order chi connectivity index (χ1) is 9.03. The SMILES string of the molecule is COC(=O)c1ccc(CS(=O)(=O)c2cccs2)cc1. The Kier molecular flexibility index (Phi) is 4.01. The molecule has 2 aromatic rings. The predicted octanol–water partition coefficient (Wildman–Crippen LogP) is 2.51.